The van der Waals surface area contributed by atoms with Crippen LogP contribution >= 0.6 is 12.1 Å². The highest BCUT2D eigenvalue weighted by Crippen LogP contribution is 2.05. The van der Waals surface area contributed by atoms with Crippen LogP contribution in [0.25, 0.3) is 0 Å². The summed E-state index contributed by atoms with van der Waals surface area (Å²) in [6.45, 7) is 0. The Hall–Kier alpha value is -1.85. The number of hydrogen-bond acceptors (Lipinski definition) is 7. The van der Waals surface area contributed by atoms with E-state index in [1.807, 2.05) is 0 Å². The van der Waals surface area contributed by atoms with E-state index in [0.29, 0.717) is 12.1 Å². The van der Waals surface area contributed by atoms with Gasteiger partial charge in [-0.15, -0.1) is 0 Å². The molecule has 2 atom stereocenters. The van der Waals surface area contributed by atoms with Gasteiger partial charge in [0.25, 0.3) is 0 Å². The van der Waals surface area contributed by atoms with Crippen LogP contribution in [0.3, 0.4) is 0 Å². The van der Waals surface area contributed by atoms with Crippen LogP contribution in [0.1, 0.15) is 25.7 Å². The first-order chi connectivity index (χ1) is 9.73. The molecule has 0 fully saturated rings. The van der Waals surface area contributed by atoms with E-state index in [1.165, 1.54) is 0 Å². The summed E-state index contributed by atoms with van der Waals surface area (Å²) in [7, 11) is 0. The number of carbonyl (C=O) groups is 4. The molecule has 0 radical (unpaired) electrons. The van der Waals surface area contributed by atoms with Gasteiger partial charge in [-0.2, -0.15) is 0 Å². The molecule has 0 spiro atoms. The van der Waals surface area contributed by atoms with Crippen molar-refractivity contribution in [3.8, 4) is 0 Å². The molecule has 0 aromatic rings. The highest BCUT2D eigenvalue weighted by Gasteiger charge is 2.21. The van der Waals surface area contributed by atoms with Gasteiger partial charge in [-0.3, -0.25) is 19.2 Å². The minimum absolute atomic E-state index is 0.174. The first-order valence-corrected chi connectivity index (χ1v) is 6.61. The molecule has 6 N–H and O–H groups in total. The van der Waals surface area contributed by atoms with Crippen molar-refractivity contribution in [2.45, 2.75) is 37.8 Å². The molecular weight excluding hydrogens is 308 g/mol. The van der Waals surface area contributed by atoms with Crippen molar-refractivity contribution in [2.24, 2.45) is 0 Å². The molecule has 21 heavy (non-hydrogen) atoms. The molecule has 0 amide bonds. The molecule has 0 aliphatic heterocycles. The van der Waals surface area contributed by atoms with Gasteiger partial charge in [0, 0.05) is 25.0 Å². The van der Waals surface area contributed by atoms with E-state index in [0.717, 1.165) is 0 Å². The number of nitrogens with one attached hydrogen (secondary N) is 2. The monoisotopic (exact) mass is 324 g/mol. The van der Waals surface area contributed by atoms with E-state index in [-0.39, 0.29) is 25.7 Å². The Balaban J connectivity index is 4.24. The summed E-state index contributed by atoms with van der Waals surface area (Å²) in [5.41, 5.74) is 0. The third kappa shape index (κ3) is 9.65. The number of carboxylic acids is 4. The fourth-order valence-electron chi connectivity index (χ4n) is 1.18. The molecule has 0 aromatic heterocycles. The molecule has 0 aromatic carbocycles. The van der Waals surface area contributed by atoms with Gasteiger partial charge in [0.1, 0.15) is 12.1 Å². The van der Waals surface area contributed by atoms with Gasteiger partial charge in [0.2, 0.25) is 0 Å². The second-order valence-electron chi connectivity index (χ2n) is 3.98. The van der Waals surface area contributed by atoms with E-state index in [1.54, 1.807) is 0 Å². The van der Waals surface area contributed by atoms with Crippen LogP contribution in [-0.4, -0.2) is 56.4 Å². The van der Waals surface area contributed by atoms with Gasteiger partial charge in [-0.1, -0.05) is 0 Å². The van der Waals surface area contributed by atoms with Crippen molar-refractivity contribution >= 4 is 36.0 Å². The molecule has 0 saturated carbocycles. The minimum Gasteiger partial charge on any atom is -0.481 e. The van der Waals surface area contributed by atoms with E-state index in [4.69, 9.17) is 20.4 Å². The largest absolute Gasteiger partial charge is 0.481 e. The number of rotatable bonds is 12. The maximum Gasteiger partial charge on any atom is 0.321 e. The van der Waals surface area contributed by atoms with Crippen LogP contribution in [0, 0.1) is 0 Å². The van der Waals surface area contributed by atoms with Gasteiger partial charge in [-0.25, -0.2) is 9.44 Å². The molecule has 0 saturated heterocycles. The Morgan fingerprint density at radius 3 is 1.33 bits per heavy atom. The Morgan fingerprint density at radius 2 is 1.10 bits per heavy atom. The van der Waals surface area contributed by atoms with Gasteiger partial charge >= 0.3 is 23.9 Å². The van der Waals surface area contributed by atoms with Crippen molar-refractivity contribution in [2.75, 3.05) is 0 Å². The normalized spacial score (nSPS) is 13.3. The van der Waals surface area contributed by atoms with Gasteiger partial charge in [0.05, 0.1) is 0 Å². The van der Waals surface area contributed by atoms with Gasteiger partial charge < -0.3 is 20.4 Å². The van der Waals surface area contributed by atoms with Crippen LogP contribution < -0.4 is 9.44 Å². The Kier molecular flexibility index (Phi) is 9.08. The average molecular weight is 324 g/mol. The SMILES string of the molecule is O=C(O)CCC(NSNC(CCC(=O)O)C(=O)O)C(=O)O. The summed E-state index contributed by atoms with van der Waals surface area (Å²) < 4.78 is 4.76. The fourth-order valence-corrected chi connectivity index (χ4v) is 1.97. The lowest BCUT2D eigenvalue weighted by Crippen LogP contribution is -2.39. The summed E-state index contributed by atoms with van der Waals surface area (Å²) in [4.78, 5) is 42.4. The molecule has 0 heterocycles. The van der Waals surface area contributed by atoms with Crippen molar-refractivity contribution in [3.05, 3.63) is 0 Å². The van der Waals surface area contributed by atoms with Crippen molar-refractivity contribution in [1.82, 2.24) is 9.44 Å². The smallest absolute Gasteiger partial charge is 0.321 e. The zero-order valence-corrected chi connectivity index (χ0v) is 11.6. The van der Waals surface area contributed by atoms with E-state index in [9.17, 15) is 19.2 Å². The second-order valence-corrected chi connectivity index (χ2v) is 4.66. The zero-order chi connectivity index (χ0) is 16.4. The summed E-state index contributed by atoms with van der Waals surface area (Å²) >= 11 is 0.582. The first-order valence-electron chi connectivity index (χ1n) is 5.80. The molecule has 0 aliphatic rings. The fraction of sp³-hybridized carbons (Fsp3) is 0.600. The maximum atomic E-state index is 10.8. The first kappa shape index (κ1) is 19.1. The molecule has 11 heteroatoms. The zero-order valence-electron chi connectivity index (χ0n) is 10.8. The molecule has 0 bridgehead atoms. The molecule has 0 aliphatic carbocycles. The summed E-state index contributed by atoms with van der Waals surface area (Å²) in [5, 5.41) is 34.6. The molecule has 10 nitrogen and oxygen atoms in total. The number of hydrogen-bond donors (Lipinski definition) is 6. The predicted molar refractivity (Wildman–Crippen MR) is 70.4 cm³/mol. The second kappa shape index (κ2) is 9.96. The standard InChI is InChI=1S/C10H16N2O8S/c13-7(14)3-1-5(9(17)18)11-21-12-6(10(19)20)2-4-8(15)16/h5-6,11-12H,1-4H2,(H,13,14)(H,15,16)(H,17,18)(H,19,20). The molecule has 120 valence electrons. The molecule has 2 unspecified atom stereocenters. The van der Waals surface area contributed by atoms with E-state index < -0.39 is 36.0 Å². The van der Waals surface area contributed by atoms with E-state index >= 15 is 0 Å². The summed E-state index contributed by atoms with van der Waals surface area (Å²) in [6, 6.07) is -2.35. The third-order valence-corrected chi connectivity index (χ3v) is 3.10. The van der Waals surface area contributed by atoms with Crippen LogP contribution in [0.5, 0.6) is 0 Å². The van der Waals surface area contributed by atoms with Crippen molar-refractivity contribution in [3.63, 3.8) is 0 Å². The third-order valence-electron chi connectivity index (χ3n) is 2.29. The number of carboxylic acid groups (broad SMARTS) is 4. The topological polar surface area (TPSA) is 173 Å². The van der Waals surface area contributed by atoms with Crippen LogP contribution in [0.15, 0.2) is 0 Å². The molecule has 0 rings (SSSR count). The van der Waals surface area contributed by atoms with Crippen LogP contribution in [0.2, 0.25) is 0 Å². The lowest BCUT2D eigenvalue weighted by Gasteiger charge is -2.16. The van der Waals surface area contributed by atoms with Crippen molar-refractivity contribution in [1.29, 1.82) is 0 Å². The Labute approximate surface area is 123 Å². The van der Waals surface area contributed by atoms with Crippen LogP contribution in [-0.2, 0) is 19.2 Å². The van der Waals surface area contributed by atoms with Gasteiger partial charge in [0.15, 0.2) is 0 Å². The number of aliphatic carboxylic acids is 4. The van der Waals surface area contributed by atoms with Crippen molar-refractivity contribution < 1.29 is 39.6 Å². The highest BCUT2D eigenvalue weighted by molar-refractivity contribution is 7.95. The summed E-state index contributed by atoms with van der Waals surface area (Å²) in [6.07, 6.45) is -1.06. The Morgan fingerprint density at radius 1 is 0.762 bits per heavy atom. The lowest BCUT2D eigenvalue weighted by atomic mass is 10.2. The lowest BCUT2D eigenvalue weighted by molar-refractivity contribution is -0.141. The maximum absolute atomic E-state index is 10.8. The summed E-state index contributed by atoms with van der Waals surface area (Å²) in [5.74, 6) is -4.84. The van der Waals surface area contributed by atoms with E-state index in [2.05, 4.69) is 9.44 Å². The quantitative estimate of drug-likeness (QED) is 0.252. The highest BCUT2D eigenvalue weighted by atomic mass is 32.2. The van der Waals surface area contributed by atoms with Gasteiger partial charge in [-0.05, 0) is 12.8 Å². The Bertz CT molecular complexity index is 367. The van der Waals surface area contributed by atoms with Crippen LogP contribution in [0.4, 0.5) is 0 Å². The average Bonchev–Trinajstić information content (AvgIpc) is 2.35. The predicted octanol–water partition coefficient (Wildman–Crippen LogP) is -0.635. The molecular formula is C10H16N2O8S. The minimum atomic E-state index is -1.28.